The summed E-state index contributed by atoms with van der Waals surface area (Å²) < 4.78 is 0. The number of benzene rings is 10. The van der Waals surface area contributed by atoms with Gasteiger partial charge < -0.3 is 4.90 Å². The van der Waals surface area contributed by atoms with E-state index in [1.807, 2.05) is 0 Å². The molecule has 2 aliphatic carbocycles. The van der Waals surface area contributed by atoms with E-state index < -0.39 is 0 Å². The molecule has 0 unspecified atom stereocenters. The van der Waals surface area contributed by atoms with Crippen LogP contribution in [0.15, 0.2) is 237 Å². The molecule has 0 spiro atoms. The van der Waals surface area contributed by atoms with E-state index in [0.29, 0.717) is 0 Å². The lowest BCUT2D eigenvalue weighted by Gasteiger charge is -2.29. The summed E-state index contributed by atoms with van der Waals surface area (Å²) in [5, 5.41) is 0. The molecule has 0 fully saturated rings. The molecular weight excluding hydrogens is 807 g/mol. The molecule has 67 heavy (non-hydrogen) atoms. The quantitative estimate of drug-likeness (QED) is 0.147. The third-order valence-electron chi connectivity index (χ3n) is 14.7. The number of nitrogens with zero attached hydrogens (tertiary/aromatic N) is 1. The molecule has 320 valence electrons. The fourth-order valence-electron chi connectivity index (χ4n) is 11.3. The molecule has 0 radical (unpaired) electrons. The maximum absolute atomic E-state index is 2.44. The first kappa shape index (κ1) is 40.5. The van der Waals surface area contributed by atoms with Crippen molar-refractivity contribution in [1.29, 1.82) is 0 Å². The van der Waals surface area contributed by atoms with Crippen molar-refractivity contribution in [2.24, 2.45) is 0 Å². The predicted octanol–water partition coefficient (Wildman–Crippen LogP) is 18.1. The molecule has 0 amide bonds. The van der Waals surface area contributed by atoms with E-state index in [1.165, 1.54) is 100 Å². The van der Waals surface area contributed by atoms with Crippen molar-refractivity contribution < 1.29 is 0 Å². The van der Waals surface area contributed by atoms with E-state index >= 15 is 0 Å². The molecule has 10 aromatic rings. The van der Waals surface area contributed by atoms with Crippen molar-refractivity contribution in [2.75, 3.05) is 4.90 Å². The molecule has 1 nitrogen and oxygen atoms in total. The smallest absolute Gasteiger partial charge is 0.0540 e. The Bertz CT molecular complexity index is 3480. The van der Waals surface area contributed by atoms with Gasteiger partial charge in [0.2, 0.25) is 0 Å². The second-order valence-electron chi connectivity index (χ2n) is 19.3. The van der Waals surface area contributed by atoms with Crippen LogP contribution in [0.1, 0.15) is 49.9 Å². The summed E-state index contributed by atoms with van der Waals surface area (Å²) in [4.78, 5) is 2.44. The zero-order chi connectivity index (χ0) is 45.3. The summed E-state index contributed by atoms with van der Waals surface area (Å²) in [7, 11) is 0. The third kappa shape index (κ3) is 6.68. The molecule has 0 saturated heterocycles. The minimum absolute atomic E-state index is 0.102. The van der Waals surface area contributed by atoms with E-state index in [-0.39, 0.29) is 10.8 Å². The topological polar surface area (TPSA) is 3.24 Å². The normalized spacial score (nSPS) is 13.6. The van der Waals surface area contributed by atoms with Gasteiger partial charge in [-0.15, -0.1) is 0 Å². The highest BCUT2D eigenvalue weighted by molar-refractivity contribution is 5.93. The molecule has 0 heterocycles. The van der Waals surface area contributed by atoms with Crippen LogP contribution in [0.2, 0.25) is 0 Å². The Hall–Kier alpha value is -8.00. The van der Waals surface area contributed by atoms with Crippen LogP contribution in [-0.4, -0.2) is 0 Å². The molecule has 0 atom stereocenters. The Morgan fingerprint density at radius 1 is 0.254 bits per heavy atom. The van der Waals surface area contributed by atoms with E-state index in [9.17, 15) is 0 Å². The van der Waals surface area contributed by atoms with Gasteiger partial charge in [-0.25, -0.2) is 0 Å². The van der Waals surface area contributed by atoms with Gasteiger partial charge in [0.1, 0.15) is 0 Å². The molecule has 0 saturated carbocycles. The third-order valence-corrected chi connectivity index (χ3v) is 14.7. The molecule has 12 rings (SSSR count). The van der Waals surface area contributed by atoms with Crippen LogP contribution in [-0.2, 0) is 10.8 Å². The first-order valence-electron chi connectivity index (χ1n) is 23.6. The molecule has 10 aromatic carbocycles. The molecule has 0 aromatic heterocycles. The zero-order valence-corrected chi connectivity index (χ0v) is 38.5. The minimum Gasteiger partial charge on any atom is -0.310 e. The Balaban J connectivity index is 0.977. The van der Waals surface area contributed by atoms with Gasteiger partial charge in [0.25, 0.3) is 0 Å². The first-order chi connectivity index (χ1) is 32.8. The van der Waals surface area contributed by atoms with Gasteiger partial charge in [-0.1, -0.05) is 222 Å². The van der Waals surface area contributed by atoms with Gasteiger partial charge in [0, 0.05) is 27.8 Å². The second kappa shape index (κ2) is 15.9. The Morgan fingerprint density at radius 3 is 1.37 bits per heavy atom. The zero-order valence-electron chi connectivity index (χ0n) is 38.5. The van der Waals surface area contributed by atoms with Crippen LogP contribution in [0.25, 0.3) is 77.9 Å². The maximum atomic E-state index is 2.44. The number of hydrogen-bond donors (Lipinski definition) is 0. The van der Waals surface area contributed by atoms with Crippen molar-refractivity contribution in [3.63, 3.8) is 0 Å². The van der Waals surface area contributed by atoms with Gasteiger partial charge >= 0.3 is 0 Å². The molecule has 0 bridgehead atoms. The lowest BCUT2D eigenvalue weighted by molar-refractivity contribution is 0.660. The number of anilines is 3. The van der Waals surface area contributed by atoms with Crippen LogP contribution in [0.3, 0.4) is 0 Å². The van der Waals surface area contributed by atoms with Crippen molar-refractivity contribution in [1.82, 2.24) is 0 Å². The highest BCUT2D eigenvalue weighted by atomic mass is 15.1. The number of fused-ring (bicyclic) bond motifs is 6. The largest absolute Gasteiger partial charge is 0.310 e. The Kier molecular flexibility index (Phi) is 9.59. The van der Waals surface area contributed by atoms with Crippen molar-refractivity contribution in [3.8, 4) is 77.9 Å². The van der Waals surface area contributed by atoms with Crippen molar-refractivity contribution in [3.05, 3.63) is 259 Å². The van der Waals surface area contributed by atoms with Gasteiger partial charge in [-0.3, -0.25) is 0 Å². The highest BCUT2D eigenvalue weighted by Gasteiger charge is 2.38. The van der Waals surface area contributed by atoms with Gasteiger partial charge in [-0.05, 0) is 137 Å². The summed E-state index contributed by atoms with van der Waals surface area (Å²) in [6.07, 6.45) is 0. The maximum Gasteiger partial charge on any atom is 0.0540 e. The summed E-state index contributed by atoms with van der Waals surface area (Å²) in [6.45, 7) is 9.47. The predicted molar refractivity (Wildman–Crippen MR) is 283 cm³/mol. The molecule has 0 N–H and O–H groups in total. The average Bonchev–Trinajstić information content (AvgIpc) is 3.76. The molecule has 2 aliphatic rings. The van der Waals surface area contributed by atoms with E-state index in [4.69, 9.17) is 0 Å². The fourth-order valence-corrected chi connectivity index (χ4v) is 11.3. The summed E-state index contributed by atoms with van der Waals surface area (Å²) >= 11 is 0. The lowest BCUT2D eigenvalue weighted by Crippen LogP contribution is -2.16. The molecule has 1 heteroatoms. The summed E-state index contributed by atoms with van der Waals surface area (Å²) in [5.74, 6) is 0. The van der Waals surface area contributed by atoms with Gasteiger partial charge in [0.15, 0.2) is 0 Å². The average molecular weight is 858 g/mol. The highest BCUT2D eigenvalue weighted by Crippen LogP contribution is 2.53. The van der Waals surface area contributed by atoms with Crippen LogP contribution >= 0.6 is 0 Å². The van der Waals surface area contributed by atoms with Crippen LogP contribution in [0.5, 0.6) is 0 Å². The number of rotatable bonds is 8. The standard InChI is InChI=1S/C66H51N/c1-65(2)60-27-14-11-23-55(60)57-41-35-49(43-62(57)65)53-22-13-16-29-63(53)67(51-38-32-47(33-39-51)54-25-17-26-58-56-24-12-15-28-61(56)66(3,4)64(54)58)50-36-30-44(31-37-50)48-34-40-52(45-18-7-5-8-19-45)59(42-48)46-20-9-6-10-21-46/h5-43H,1-4H3. The van der Waals surface area contributed by atoms with Gasteiger partial charge in [0.05, 0.1) is 5.69 Å². The lowest BCUT2D eigenvalue weighted by atomic mass is 9.79. The van der Waals surface area contributed by atoms with Crippen molar-refractivity contribution in [2.45, 2.75) is 38.5 Å². The monoisotopic (exact) mass is 857 g/mol. The van der Waals surface area contributed by atoms with Crippen LogP contribution < -0.4 is 4.90 Å². The summed E-state index contributed by atoms with van der Waals surface area (Å²) in [5.41, 5.74) is 26.2. The van der Waals surface area contributed by atoms with E-state index in [0.717, 1.165) is 17.1 Å². The first-order valence-corrected chi connectivity index (χ1v) is 23.6. The van der Waals surface area contributed by atoms with Crippen molar-refractivity contribution >= 4 is 17.1 Å². The Labute approximate surface area is 395 Å². The number of hydrogen-bond acceptors (Lipinski definition) is 1. The van der Waals surface area contributed by atoms with Crippen LogP contribution in [0.4, 0.5) is 17.1 Å². The van der Waals surface area contributed by atoms with E-state index in [1.54, 1.807) is 0 Å². The minimum atomic E-state index is -0.108. The second-order valence-corrected chi connectivity index (χ2v) is 19.3. The fraction of sp³-hybridized carbons (Fsp3) is 0.0909. The Morgan fingerprint density at radius 2 is 0.701 bits per heavy atom. The number of para-hydroxylation sites is 1. The summed E-state index contributed by atoms with van der Waals surface area (Å²) in [6, 6.07) is 87.4. The molecule has 0 aliphatic heterocycles. The van der Waals surface area contributed by atoms with E-state index in [2.05, 4.69) is 269 Å². The SMILES string of the molecule is CC1(C)c2ccccc2-c2ccc(-c3ccccc3N(c3ccc(-c4ccc(-c5ccccc5)c(-c5ccccc5)c4)cc3)c3ccc(-c4cccc5c4C(C)(C)c4ccccc4-5)cc3)cc21. The molecular formula is C66H51N. The van der Waals surface area contributed by atoms with Gasteiger partial charge in [-0.2, -0.15) is 0 Å². The van der Waals surface area contributed by atoms with Crippen LogP contribution in [0, 0.1) is 0 Å².